The number of carbonyl (C=O) groups excluding carboxylic acids is 1. The number of sulfonamides is 1. The van der Waals surface area contributed by atoms with Gasteiger partial charge in [-0.1, -0.05) is 12.1 Å². The normalized spacial score (nSPS) is 15.0. The minimum atomic E-state index is -3.68. The van der Waals surface area contributed by atoms with E-state index in [2.05, 4.69) is 42.8 Å². The highest BCUT2D eigenvalue weighted by Gasteiger charge is 2.22. The van der Waals surface area contributed by atoms with Gasteiger partial charge in [-0.25, -0.2) is 12.7 Å². The van der Waals surface area contributed by atoms with Gasteiger partial charge in [0.1, 0.15) is 16.4 Å². The number of fused-ring (bicyclic) bond motifs is 1. The summed E-state index contributed by atoms with van der Waals surface area (Å²) >= 11 is 0. The van der Waals surface area contributed by atoms with E-state index in [-0.39, 0.29) is 16.8 Å². The first kappa shape index (κ1) is 26.6. The quantitative estimate of drug-likeness (QED) is 0.263. The first-order valence-corrected chi connectivity index (χ1v) is 14.1. The smallest absolute Gasteiger partial charge is 0.251 e. The highest BCUT2D eigenvalue weighted by Crippen LogP contribution is 2.30. The minimum absolute atomic E-state index is 0.0852. The number of H-pyrrole nitrogens is 1. The number of likely N-dealkylation sites (tertiary alicyclic amines) is 1. The standard InChI is InChI=1S/C27H32N8O3S/c1-34(2)39(37,38)23-7-5-4-6-22(23)31-25-21-12-15-28-24(21)32-27(33-25)30-19-10-8-18(9-11-19)26(36)29-20-13-16-35(3)17-14-20/h4-12,15,20H,13-14,16-17H2,1-3H3,(H,29,36)(H3,28,30,31,32,33). The van der Waals surface area contributed by atoms with E-state index in [4.69, 9.17) is 0 Å². The monoisotopic (exact) mass is 548 g/mol. The SMILES string of the molecule is CN1CCC(NC(=O)c2ccc(Nc3nc(Nc4ccccc4S(=O)(=O)N(C)C)c4cc[nH]c4n3)cc2)CC1. The van der Waals surface area contributed by atoms with Crippen molar-refractivity contribution in [2.24, 2.45) is 0 Å². The van der Waals surface area contributed by atoms with Crippen molar-refractivity contribution in [2.45, 2.75) is 23.8 Å². The second-order valence-corrected chi connectivity index (χ2v) is 11.9. The molecule has 12 heteroatoms. The van der Waals surface area contributed by atoms with Gasteiger partial charge >= 0.3 is 0 Å². The Morgan fingerprint density at radius 1 is 1.00 bits per heavy atom. The number of aromatic nitrogens is 3. The van der Waals surface area contributed by atoms with Crippen LogP contribution in [0.1, 0.15) is 23.2 Å². The molecule has 4 aromatic rings. The molecule has 0 spiro atoms. The number of para-hydroxylation sites is 1. The maximum absolute atomic E-state index is 12.9. The number of piperidine rings is 1. The molecule has 0 bridgehead atoms. The summed E-state index contributed by atoms with van der Waals surface area (Å²) in [5.74, 6) is 0.668. The number of amides is 1. The Hall–Kier alpha value is -4.00. The van der Waals surface area contributed by atoms with Crippen LogP contribution in [0.25, 0.3) is 11.0 Å². The van der Waals surface area contributed by atoms with Crippen molar-refractivity contribution in [3.63, 3.8) is 0 Å². The molecule has 11 nitrogen and oxygen atoms in total. The van der Waals surface area contributed by atoms with E-state index in [1.54, 1.807) is 54.7 Å². The van der Waals surface area contributed by atoms with E-state index in [0.717, 1.165) is 25.9 Å². The number of hydrogen-bond acceptors (Lipinski definition) is 8. The summed E-state index contributed by atoms with van der Waals surface area (Å²) in [6, 6.07) is 15.8. The van der Waals surface area contributed by atoms with Crippen LogP contribution in [0.3, 0.4) is 0 Å². The van der Waals surface area contributed by atoms with Gasteiger partial charge in [-0.05, 0) is 75.4 Å². The van der Waals surface area contributed by atoms with Crippen molar-refractivity contribution in [3.8, 4) is 0 Å². The topological polar surface area (TPSA) is 135 Å². The number of anilines is 4. The maximum Gasteiger partial charge on any atom is 0.251 e. The van der Waals surface area contributed by atoms with Gasteiger partial charge in [0, 0.05) is 37.6 Å². The molecule has 1 saturated heterocycles. The van der Waals surface area contributed by atoms with Crippen LogP contribution in [-0.2, 0) is 10.0 Å². The molecule has 0 aliphatic carbocycles. The van der Waals surface area contributed by atoms with E-state index < -0.39 is 10.0 Å². The van der Waals surface area contributed by atoms with E-state index in [9.17, 15) is 13.2 Å². The molecular weight excluding hydrogens is 516 g/mol. The maximum atomic E-state index is 12.9. The molecule has 4 N–H and O–H groups in total. The van der Waals surface area contributed by atoms with Gasteiger partial charge in [0.15, 0.2) is 0 Å². The summed E-state index contributed by atoms with van der Waals surface area (Å²) < 4.78 is 26.9. The van der Waals surface area contributed by atoms with Gasteiger partial charge in [-0.2, -0.15) is 9.97 Å². The zero-order valence-electron chi connectivity index (χ0n) is 22.1. The molecule has 1 aliphatic rings. The van der Waals surface area contributed by atoms with Crippen LogP contribution < -0.4 is 16.0 Å². The predicted molar refractivity (Wildman–Crippen MR) is 152 cm³/mol. The molecule has 0 saturated carbocycles. The molecule has 0 atom stereocenters. The summed E-state index contributed by atoms with van der Waals surface area (Å²) in [7, 11) is 1.40. The molecule has 2 aromatic heterocycles. The highest BCUT2D eigenvalue weighted by atomic mass is 32.2. The molecular formula is C27H32N8O3S. The molecule has 1 fully saturated rings. The Labute approximate surface area is 227 Å². The van der Waals surface area contributed by atoms with Gasteiger partial charge in [0.25, 0.3) is 5.91 Å². The second kappa shape index (κ2) is 11.0. The Kier molecular flexibility index (Phi) is 7.51. The second-order valence-electron chi connectivity index (χ2n) is 9.80. The average Bonchev–Trinajstić information content (AvgIpc) is 3.40. The minimum Gasteiger partial charge on any atom is -0.349 e. The third kappa shape index (κ3) is 5.87. The van der Waals surface area contributed by atoms with Crippen LogP contribution in [0.15, 0.2) is 65.7 Å². The Morgan fingerprint density at radius 2 is 1.72 bits per heavy atom. The van der Waals surface area contributed by atoms with Crippen molar-refractivity contribution in [2.75, 3.05) is 44.9 Å². The largest absolute Gasteiger partial charge is 0.349 e. The van der Waals surface area contributed by atoms with Gasteiger partial charge in [-0.15, -0.1) is 0 Å². The number of rotatable bonds is 8. The van der Waals surface area contributed by atoms with Gasteiger partial charge in [0.05, 0.1) is 11.1 Å². The number of aromatic amines is 1. The Morgan fingerprint density at radius 3 is 2.44 bits per heavy atom. The van der Waals surface area contributed by atoms with E-state index in [1.807, 2.05) is 6.07 Å². The first-order valence-electron chi connectivity index (χ1n) is 12.7. The van der Waals surface area contributed by atoms with Crippen LogP contribution in [0, 0.1) is 0 Å². The molecule has 204 valence electrons. The molecule has 0 unspecified atom stereocenters. The van der Waals surface area contributed by atoms with Crippen molar-refractivity contribution in [3.05, 3.63) is 66.4 Å². The Balaban J connectivity index is 1.35. The lowest BCUT2D eigenvalue weighted by Gasteiger charge is -2.29. The van der Waals surface area contributed by atoms with Gasteiger partial charge in [0.2, 0.25) is 16.0 Å². The van der Waals surface area contributed by atoms with Crippen LogP contribution in [0.5, 0.6) is 0 Å². The van der Waals surface area contributed by atoms with Crippen LogP contribution in [0.4, 0.5) is 23.1 Å². The number of nitrogens with one attached hydrogen (secondary N) is 4. The fraction of sp³-hybridized carbons (Fsp3) is 0.296. The summed E-state index contributed by atoms with van der Waals surface area (Å²) in [6.45, 7) is 1.96. The molecule has 39 heavy (non-hydrogen) atoms. The number of nitrogens with zero attached hydrogens (tertiary/aromatic N) is 4. The van der Waals surface area contributed by atoms with Gasteiger partial charge < -0.3 is 25.8 Å². The molecule has 1 amide bonds. The van der Waals surface area contributed by atoms with Crippen molar-refractivity contribution < 1.29 is 13.2 Å². The fourth-order valence-corrected chi connectivity index (χ4v) is 5.51. The molecule has 5 rings (SSSR count). The van der Waals surface area contributed by atoms with Crippen LogP contribution in [0.2, 0.25) is 0 Å². The zero-order chi connectivity index (χ0) is 27.6. The number of carbonyl (C=O) groups is 1. The zero-order valence-corrected chi connectivity index (χ0v) is 22.9. The lowest BCUT2D eigenvalue weighted by Crippen LogP contribution is -2.43. The van der Waals surface area contributed by atoms with Crippen molar-refractivity contribution >= 4 is 50.1 Å². The van der Waals surface area contributed by atoms with Crippen LogP contribution >= 0.6 is 0 Å². The summed E-state index contributed by atoms with van der Waals surface area (Å²) in [4.78, 5) is 27.4. The van der Waals surface area contributed by atoms with Crippen molar-refractivity contribution in [1.29, 1.82) is 0 Å². The van der Waals surface area contributed by atoms with Crippen LogP contribution in [-0.4, -0.2) is 78.8 Å². The lowest BCUT2D eigenvalue weighted by atomic mass is 10.0. The lowest BCUT2D eigenvalue weighted by molar-refractivity contribution is 0.0917. The van der Waals surface area contributed by atoms with Gasteiger partial charge in [-0.3, -0.25) is 4.79 Å². The third-order valence-electron chi connectivity index (χ3n) is 6.77. The fourth-order valence-electron chi connectivity index (χ4n) is 4.47. The summed E-state index contributed by atoms with van der Waals surface area (Å²) in [6.07, 6.45) is 3.64. The van der Waals surface area contributed by atoms with Crippen molar-refractivity contribution in [1.82, 2.24) is 29.5 Å². The number of benzene rings is 2. The first-order chi connectivity index (χ1) is 18.7. The van der Waals surface area contributed by atoms with E-state index in [1.165, 1.54) is 18.4 Å². The molecule has 1 aliphatic heterocycles. The third-order valence-corrected chi connectivity index (χ3v) is 8.64. The Bertz CT molecular complexity index is 1580. The molecule has 3 heterocycles. The van der Waals surface area contributed by atoms with E-state index in [0.29, 0.717) is 39.7 Å². The predicted octanol–water partition coefficient (Wildman–Crippen LogP) is 3.52. The molecule has 0 radical (unpaired) electrons. The van der Waals surface area contributed by atoms with E-state index >= 15 is 0 Å². The summed E-state index contributed by atoms with van der Waals surface area (Å²) in [5.41, 5.74) is 2.27. The number of hydrogen-bond donors (Lipinski definition) is 4. The average molecular weight is 549 g/mol. The molecule has 2 aromatic carbocycles. The highest BCUT2D eigenvalue weighted by molar-refractivity contribution is 7.89. The summed E-state index contributed by atoms with van der Waals surface area (Å²) in [5, 5.41) is 10.2.